The van der Waals surface area contributed by atoms with Gasteiger partial charge in [0.2, 0.25) is 5.91 Å². The van der Waals surface area contributed by atoms with Gasteiger partial charge in [-0.3, -0.25) is 13.9 Å². The molecule has 1 saturated heterocycles. The van der Waals surface area contributed by atoms with Gasteiger partial charge in [0.25, 0.3) is 0 Å². The summed E-state index contributed by atoms with van der Waals surface area (Å²) < 4.78 is 3.14. The third kappa shape index (κ3) is 2.66. The Morgan fingerprint density at radius 3 is 2.44 bits per heavy atom. The van der Waals surface area contributed by atoms with Gasteiger partial charge in [-0.2, -0.15) is 0 Å². The summed E-state index contributed by atoms with van der Waals surface area (Å²) in [7, 11) is 0. The number of imidazole rings is 1. The number of aromatic nitrogens is 2. The van der Waals surface area contributed by atoms with Crippen molar-refractivity contribution in [3.63, 3.8) is 0 Å². The van der Waals surface area contributed by atoms with Crippen molar-refractivity contribution in [3.05, 3.63) is 22.9 Å². The Balaban J connectivity index is 2.05. The maximum atomic E-state index is 12.1. The molecule has 100 valence electrons. The number of hydrogen-bond acceptors (Lipinski definition) is 2. The van der Waals surface area contributed by atoms with Gasteiger partial charge < -0.3 is 4.90 Å². The van der Waals surface area contributed by atoms with Gasteiger partial charge in [-0.1, -0.05) is 0 Å². The molecule has 1 aliphatic heterocycles. The average molecular weight is 251 g/mol. The van der Waals surface area contributed by atoms with E-state index in [1.54, 1.807) is 17.0 Å². The lowest BCUT2D eigenvalue weighted by molar-refractivity contribution is -0.132. The maximum Gasteiger partial charge on any atom is 0.328 e. The topological polar surface area (TPSA) is 47.2 Å². The van der Waals surface area contributed by atoms with E-state index in [1.807, 2.05) is 18.7 Å². The van der Waals surface area contributed by atoms with Crippen molar-refractivity contribution in [2.75, 3.05) is 13.1 Å². The first kappa shape index (κ1) is 12.9. The fourth-order valence-electron chi connectivity index (χ4n) is 2.33. The first-order chi connectivity index (χ1) is 8.59. The lowest BCUT2D eigenvalue weighted by Gasteiger charge is -2.26. The molecule has 0 atom stereocenters. The number of rotatable bonds is 3. The van der Waals surface area contributed by atoms with Gasteiger partial charge in [-0.05, 0) is 33.1 Å². The molecule has 0 radical (unpaired) electrons. The van der Waals surface area contributed by atoms with E-state index in [-0.39, 0.29) is 24.2 Å². The molecular weight excluding hydrogens is 230 g/mol. The molecule has 1 aromatic rings. The summed E-state index contributed by atoms with van der Waals surface area (Å²) in [6.45, 7) is 5.74. The number of hydrogen-bond donors (Lipinski definition) is 0. The molecule has 5 heteroatoms. The number of amides is 1. The van der Waals surface area contributed by atoms with Crippen LogP contribution in [0.5, 0.6) is 0 Å². The third-order valence-electron chi connectivity index (χ3n) is 3.44. The Hall–Kier alpha value is -1.52. The second-order valence-electron chi connectivity index (χ2n) is 5.15. The van der Waals surface area contributed by atoms with Gasteiger partial charge >= 0.3 is 5.69 Å². The van der Waals surface area contributed by atoms with Crippen molar-refractivity contribution in [2.24, 2.45) is 0 Å². The van der Waals surface area contributed by atoms with Crippen LogP contribution in [0.3, 0.4) is 0 Å². The highest BCUT2D eigenvalue weighted by Gasteiger charge is 2.18. The molecule has 0 N–H and O–H groups in total. The van der Waals surface area contributed by atoms with Crippen molar-refractivity contribution in [2.45, 2.75) is 45.7 Å². The normalized spacial score (nSPS) is 16.3. The van der Waals surface area contributed by atoms with Crippen LogP contribution < -0.4 is 5.69 Å². The Kier molecular flexibility index (Phi) is 3.89. The minimum Gasteiger partial charge on any atom is -0.341 e. The molecule has 0 bridgehead atoms. The lowest BCUT2D eigenvalue weighted by atomic mass is 10.1. The van der Waals surface area contributed by atoms with Crippen molar-refractivity contribution in [1.29, 1.82) is 0 Å². The van der Waals surface area contributed by atoms with Crippen LogP contribution in [0, 0.1) is 0 Å². The summed E-state index contributed by atoms with van der Waals surface area (Å²) in [6.07, 6.45) is 6.80. The van der Waals surface area contributed by atoms with E-state index < -0.39 is 0 Å². The van der Waals surface area contributed by atoms with Crippen LogP contribution >= 0.6 is 0 Å². The first-order valence-electron chi connectivity index (χ1n) is 6.64. The van der Waals surface area contributed by atoms with Gasteiger partial charge in [0, 0.05) is 31.5 Å². The monoisotopic (exact) mass is 251 g/mol. The molecule has 18 heavy (non-hydrogen) atoms. The molecule has 2 heterocycles. The van der Waals surface area contributed by atoms with Crippen molar-refractivity contribution < 1.29 is 4.79 Å². The predicted octanol–water partition coefficient (Wildman–Crippen LogP) is 1.24. The van der Waals surface area contributed by atoms with Crippen LogP contribution in [0.4, 0.5) is 0 Å². The smallest absolute Gasteiger partial charge is 0.328 e. The molecule has 2 rings (SSSR count). The van der Waals surface area contributed by atoms with E-state index in [9.17, 15) is 9.59 Å². The fraction of sp³-hybridized carbons (Fsp3) is 0.692. The largest absolute Gasteiger partial charge is 0.341 e. The summed E-state index contributed by atoms with van der Waals surface area (Å²) in [4.78, 5) is 25.9. The van der Waals surface area contributed by atoms with Crippen molar-refractivity contribution in [1.82, 2.24) is 14.0 Å². The second kappa shape index (κ2) is 5.42. The highest BCUT2D eigenvalue weighted by molar-refractivity contribution is 5.76. The summed E-state index contributed by atoms with van der Waals surface area (Å²) in [6, 6.07) is 0.129. The van der Waals surface area contributed by atoms with Gasteiger partial charge in [0.1, 0.15) is 6.54 Å². The molecule has 0 saturated carbocycles. The maximum absolute atomic E-state index is 12.1. The van der Waals surface area contributed by atoms with E-state index in [4.69, 9.17) is 0 Å². The summed E-state index contributed by atoms with van der Waals surface area (Å²) >= 11 is 0. The molecule has 5 nitrogen and oxygen atoms in total. The number of carbonyl (C=O) groups excluding carboxylic acids is 1. The second-order valence-corrected chi connectivity index (χ2v) is 5.15. The van der Waals surface area contributed by atoms with E-state index in [0.29, 0.717) is 0 Å². The summed E-state index contributed by atoms with van der Waals surface area (Å²) in [5.41, 5.74) is -0.102. The number of piperidine rings is 1. The average Bonchev–Trinajstić information content (AvgIpc) is 2.72. The predicted molar refractivity (Wildman–Crippen MR) is 69.5 cm³/mol. The molecule has 0 spiro atoms. The van der Waals surface area contributed by atoms with Crippen LogP contribution in [0.2, 0.25) is 0 Å². The molecule has 0 aromatic carbocycles. The molecule has 1 aromatic heterocycles. The number of likely N-dealkylation sites (tertiary alicyclic amines) is 1. The van der Waals surface area contributed by atoms with Crippen LogP contribution in [0.15, 0.2) is 17.2 Å². The zero-order chi connectivity index (χ0) is 13.1. The van der Waals surface area contributed by atoms with E-state index in [2.05, 4.69) is 0 Å². The molecule has 1 amide bonds. The minimum absolute atomic E-state index is 0.0540. The third-order valence-corrected chi connectivity index (χ3v) is 3.44. The molecule has 0 unspecified atom stereocenters. The van der Waals surface area contributed by atoms with Crippen LogP contribution in [0.1, 0.15) is 39.2 Å². The zero-order valence-electron chi connectivity index (χ0n) is 11.1. The Morgan fingerprint density at radius 1 is 1.22 bits per heavy atom. The number of carbonyl (C=O) groups is 1. The highest BCUT2D eigenvalue weighted by atomic mass is 16.2. The zero-order valence-corrected chi connectivity index (χ0v) is 11.1. The van der Waals surface area contributed by atoms with Crippen molar-refractivity contribution >= 4 is 5.91 Å². The minimum atomic E-state index is -0.102. The Bertz CT molecular complexity index is 467. The van der Waals surface area contributed by atoms with E-state index >= 15 is 0 Å². The Labute approximate surface area is 107 Å². The summed E-state index contributed by atoms with van der Waals surface area (Å²) in [5.74, 6) is 0.0540. The summed E-state index contributed by atoms with van der Waals surface area (Å²) in [5, 5.41) is 0. The lowest BCUT2D eigenvalue weighted by Crippen LogP contribution is -2.39. The molecular formula is C13H21N3O2. The van der Waals surface area contributed by atoms with Crippen LogP contribution in [0.25, 0.3) is 0 Å². The SMILES string of the molecule is CC(C)n1ccn(CC(=O)N2CCCCC2)c1=O. The quantitative estimate of drug-likeness (QED) is 0.811. The first-order valence-corrected chi connectivity index (χ1v) is 6.64. The Morgan fingerprint density at radius 2 is 1.89 bits per heavy atom. The van der Waals surface area contributed by atoms with Gasteiger partial charge in [-0.25, -0.2) is 4.79 Å². The van der Waals surface area contributed by atoms with Gasteiger partial charge in [-0.15, -0.1) is 0 Å². The van der Waals surface area contributed by atoms with Gasteiger partial charge in [0.05, 0.1) is 0 Å². The van der Waals surface area contributed by atoms with Gasteiger partial charge in [0.15, 0.2) is 0 Å². The standard InChI is InChI=1S/C13H21N3O2/c1-11(2)16-9-8-15(13(16)18)10-12(17)14-6-4-3-5-7-14/h8-9,11H,3-7,10H2,1-2H3. The van der Waals surface area contributed by atoms with E-state index in [0.717, 1.165) is 25.9 Å². The molecule has 0 aliphatic carbocycles. The highest BCUT2D eigenvalue weighted by Crippen LogP contribution is 2.09. The van der Waals surface area contributed by atoms with E-state index in [1.165, 1.54) is 11.0 Å². The van der Waals surface area contributed by atoms with Crippen molar-refractivity contribution in [3.8, 4) is 0 Å². The van der Waals surface area contributed by atoms with Crippen LogP contribution in [-0.4, -0.2) is 33.0 Å². The molecule has 1 aliphatic rings. The molecule has 1 fully saturated rings. The van der Waals surface area contributed by atoms with Crippen LogP contribution in [-0.2, 0) is 11.3 Å². The fourth-order valence-corrected chi connectivity index (χ4v) is 2.33. The number of nitrogens with zero attached hydrogens (tertiary/aromatic N) is 3.